The van der Waals surface area contributed by atoms with Crippen LogP contribution in [-0.4, -0.2) is 49.4 Å². The minimum atomic E-state index is -0.606. The van der Waals surface area contributed by atoms with E-state index in [0.717, 1.165) is 30.1 Å². The highest BCUT2D eigenvalue weighted by Gasteiger charge is 2.40. The molecule has 0 saturated carbocycles. The quantitative estimate of drug-likeness (QED) is 0.843. The van der Waals surface area contributed by atoms with Gasteiger partial charge in [0, 0.05) is 35.3 Å². The van der Waals surface area contributed by atoms with Crippen molar-refractivity contribution in [2.24, 2.45) is 5.92 Å². The fourth-order valence-corrected chi connectivity index (χ4v) is 4.74. The zero-order valence-electron chi connectivity index (χ0n) is 13.8. The molecule has 0 amide bonds. The Hall–Kier alpha value is -1.72. The maximum absolute atomic E-state index is 11.3. The molecule has 3 atom stereocenters. The average Bonchev–Trinajstić information content (AvgIpc) is 2.90. The molecule has 1 saturated heterocycles. The van der Waals surface area contributed by atoms with Crippen LogP contribution in [0, 0.1) is 5.92 Å². The Labute approximate surface area is 145 Å². The number of halogens is 1. The Balaban J connectivity index is 1.65. The number of likely N-dealkylation sites (N-methyl/N-ethyl adjacent to an activating group) is 1. The fraction of sp³-hybridized carbons (Fsp3) is 0.500. The van der Waals surface area contributed by atoms with Crippen molar-refractivity contribution in [3.63, 3.8) is 0 Å². The molecule has 6 heteroatoms. The second kappa shape index (κ2) is 5.97. The van der Waals surface area contributed by atoms with Gasteiger partial charge in [-0.25, -0.2) is 4.79 Å². The summed E-state index contributed by atoms with van der Waals surface area (Å²) in [5.74, 6) is 0.736. The first-order chi connectivity index (χ1) is 11.6. The SMILES string of the molecule is COC(=O)OCC1C[C@@H]2c3cccc4[nH]c(Cl)c(c34)C[C@H]2N(C)C1. The number of hydrogen-bond acceptors (Lipinski definition) is 4. The minimum absolute atomic E-state index is 0.307. The van der Waals surface area contributed by atoms with E-state index in [1.165, 1.54) is 23.6 Å². The van der Waals surface area contributed by atoms with Gasteiger partial charge in [-0.15, -0.1) is 0 Å². The van der Waals surface area contributed by atoms with Crippen LogP contribution < -0.4 is 0 Å². The largest absolute Gasteiger partial charge is 0.507 e. The number of carbonyl (C=O) groups excluding carboxylic acids is 1. The zero-order chi connectivity index (χ0) is 16.8. The van der Waals surface area contributed by atoms with Crippen molar-refractivity contribution in [2.75, 3.05) is 27.3 Å². The van der Waals surface area contributed by atoms with Gasteiger partial charge in [-0.1, -0.05) is 23.7 Å². The predicted molar refractivity (Wildman–Crippen MR) is 92.6 cm³/mol. The van der Waals surface area contributed by atoms with Crippen molar-refractivity contribution in [2.45, 2.75) is 24.8 Å². The Morgan fingerprint density at radius 2 is 2.29 bits per heavy atom. The van der Waals surface area contributed by atoms with Crippen molar-refractivity contribution in [3.8, 4) is 0 Å². The summed E-state index contributed by atoms with van der Waals surface area (Å²) in [5, 5.41) is 2.05. The standard InChI is InChI=1S/C18H21ClN2O3/c1-21-8-10(9-24-18(22)23-2)6-12-11-4-3-5-14-16(11)13(7-15(12)21)17(19)20-14/h3-5,10,12,15,20H,6-9H2,1-2H3/t10?,12-,15-/m1/s1. The number of hydrogen-bond donors (Lipinski definition) is 1. The summed E-state index contributed by atoms with van der Waals surface area (Å²) in [6.07, 6.45) is 1.36. The molecule has 1 aliphatic heterocycles. The van der Waals surface area contributed by atoms with Gasteiger partial charge in [0.15, 0.2) is 0 Å². The molecule has 1 aromatic carbocycles. The van der Waals surface area contributed by atoms with Crippen LogP contribution in [0.3, 0.4) is 0 Å². The molecule has 24 heavy (non-hydrogen) atoms. The van der Waals surface area contributed by atoms with Gasteiger partial charge in [-0.05, 0) is 37.1 Å². The number of aromatic amines is 1. The number of methoxy groups -OCH3 is 1. The van der Waals surface area contributed by atoms with E-state index in [1.54, 1.807) is 0 Å². The van der Waals surface area contributed by atoms with Gasteiger partial charge >= 0.3 is 6.16 Å². The second-order valence-corrected chi connectivity index (χ2v) is 7.25. The van der Waals surface area contributed by atoms with E-state index in [2.05, 4.69) is 39.9 Å². The summed E-state index contributed by atoms with van der Waals surface area (Å²) in [5.41, 5.74) is 3.71. The molecule has 0 radical (unpaired) electrons. The summed E-state index contributed by atoms with van der Waals surface area (Å²) in [6.45, 7) is 1.31. The fourth-order valence-electron chi connectivity index (χ4n) is 4.46. The first-order valence-electron chi connectivity index (χ1n) is 8.28. The van der Waals surface area contributed by atoms with E-state index in [4.69, 9.17) is 16.3 Å². The number of piperidine rings is 1. The maximum Gasteiger partial charge on any atom is 0.507 e. The highest BCUT2D eigenvalue weighted by molar-refractivity contribution is 6.32. The Bertz CT molecular complexity index is 788. The van der Waals surface area contributed by atoms with Gasteiger partial charge in [0.25, 0.3) is 0 Å². The molecule has 1 unspecified atom stereocenters. The molecule has 2 aromatic rings. The lowest BCUT2D eigenvalue weighted by Gasteiger charge is -2.45. The zero-order valence-corrected chi connectivity index (χ0v) is 14.6. The van der Waals surface area contributed by atoms with Crippen LogP contribution in [0.2, 0.25) is 5.15 Å². The van der Waals surface area contributed by atoms with E-state index < -0.39 is 6.16 Å². The molecule has 0 bridgehead atoms. The third-order valence-electron chi connectivity index (χ3n) is 5.49. The van der Waals surface area contributed by atoms with Crippen molar-refractivity contribution in [3.05, 3.63) is 34.5 Å². The molecule has 5 nitrogen and oxygen atoms in total. The van der Waals surface area contributed by atoms with Crippen LogP contribution >= 0.6 is 11.6 Å². The summed E-state index contributed by atoms with van der Waals surface area (Å²) >= 11 is 6.44. The molecular formula is C18H21ClN2O3. The molecular weight excluding hydrogens is 328 g/mol. The minimum Gasteiger partial charge on any atom is -0.438 e. The lowest BCUT2D eigenvalue weighted by molar-refractivity contribution is 0.0315. The monoisotopic (exact) mass is 348 g/mol. The van der Waals surface area contributed by atoms with Gasteiger partial charge in [0.2, 0.25) is 0 Å². The van der Waals surface area contributed by atoms with Crippen LogP contribution in [0.25, 0.3) is 10.9 Å². The number of fused-ring (bicyclic) bond motifs is 2. The van der Waals surface area contributed by atoms with E-state index in [0.29, 0.717) is 24.5 Å². The Morgan fingerprint density at radius 1 is 1.46 bits per heavy atom. The van der Waals surface area contributed by atoms with Gasteiger partial charge in [0.1, 0.15) is 5.15 Å². The second-order valence-electron chi connectivity index (χ2n) is 6.87. The van der Waals surface area contributed by atoms with Crippen LogP contribution in [0.5, 0.6) is 0 Å². The molecule has 1 fully saturated rings. The first-order valence-corrected chi connectivity index (χ1v) is 8.66. The number of carbonyl (C=O) groups is 1. The smallest absolute Gasteiger partial charge is 0.438 e. The molecule has 2 heterocycles. The molecule has 128 valence electrons. The van der Waals surface area contributed by atoms with Crippen LogP contribution in [0.1, 0.15) is 23.5 Å². The third-order valence-corrected chi connectivity index (χ3v) is 5.81. The summed E-state index contributed by atoms with van der Waals surface area (Å²) < 4.78 is 9.77. The highest BCUT2D eigenvalue weighted by Crippen LogP contribution is 2.46. The van der Waals surface area contributed by atoms with Crippen molar-refractivity contribution in [1.29, 1.82) is 0 Å². The summed E-state index contributed by atoms with van der Waals surface area (Å²) in [4.78, 5) is 16.9. The lowest BCUT2D eigenvalue weighted by Crippen LogP contribution is -2.48. The first kappa shape index (κ1) is 15.8. The number of benzene rings is 1. The van der Waals surface area contributed by atoms with E-state index in [9.17, 15) is 4.79 Å². The van der Waals surface area contributed by atoms with E-state index in [1.807, 2.05) is 0 Å². The number of nitrogens with one attached hydrogen (secondary N) is 1. The van der Waals surface area contributed by atoms with Crippen LogP contribution in [0.4, 0.5) is 4.79 Å². The van der Waals surface area contributed by atoms with E-state index >= 15 is 0 Å². The van der Waals surface area contributed by atoms with Gasteiger partial charge in [-0.2, -0.15) is 0 Å². The number of rotatable bonds is 2. The topological polar surface area (TPSA) is 54.6 Å². The Morgan fingerprint density at radius 3 is 3.08 bits per heavy atom. The number of H-pyrrole nitrogens is 1. The molecule has 1 N–H and O–H groups in total. The number of likely N-dealkylation sites (tertiary alicyclic amines) is 1. The maximum atomic E-state index is 11.3. The molecule has 1 aliphatic carbocycles. The third kappa shape index (κ3) is 2.47. The van der Waals surface area contributed by atoms with Crippen molar-refractivity contribution < 1.29 is 14.3 Å². The average molecular weight is 349 g/mol. The van der Waals surface area contributed by atoms with Crippen molar-refractivity contribution >= 4 is 28.7 Å². The highest BCUT2D eigenvalue weighted by atomic mass is 35.5. The molecule has 4 rings (SSSR count). The Kier molecular flexibility index (Phi) is 3.93. The summed E-state index contributed by atoms with van der Waals surface area (Å²) in [6, 6.07) is 6.82. The van der Waals surface area contributed by atoms with Gasteiger partial charge in [-0.3, -0.25) is 0 Å². The number of aromatic nitrogens is 1. The summed E-state index contributed by atoms with van der Waals surface area (Å²) in [7, 11) is 3.48. The van der Waals surface area contributed by atoms with Gasteiger partial charge < -0.3 is 19.4 Å². The van der Waals surface area contributed by atoms with Crippen LogP contribution in [0.15, 0.2) is 18.2 Å². The molecule has 1 aromatic heterocycles. The van der Waals surface area contributed by atoms with Crippen LogP contribution in [-0.2, 0) is 15.9 Å². The van der Waals surface area contributed by atoms with Crippen molar-refractivity contribution in [1.82, 2.24) is 9.88 Å². The molecule has 2 aliphatic rings. The lowest BCUT2D eigenvalue weighted by atomic mass is 9.72. The van der Waals surface area contributed by atoms with E-state index in [-0.39, 0.29) is 0 Å². The predicted octanol–water partition coefficient (Wildman–Crippen LogP) is 3.56. The van der Waals surface area contributed by atoms with Gasteiger partial charge in [0.05, 0.1) is 13.7 Å². The molecule has 0 spiro atoms. The normalized spacial score (nSPS) is 26.2. The number of nitrogens with zero attached hydrogens (tertiary/aromatic N) is 1. The number of ether oxygens (including phenoxy) is 2.